The molecule has 1 unspecified atom stereocenters. The first-order valence-corrected chi connectivity index (χ1v) is 7.28. The van der Waals surface area contributed by atoms with Crippen LogP contribution in [-0.2, 0) is 0 Å². The van der Waals surface area contributed by atoms with E-state index in [1.165, 1.54) is 44.5 Å². The van der Waals surface area contributed by atoms with Gasteiger partial charge in [-0.15, -0.1) is 12.4 Å². The van der Waals surface area contributed by atoms with E-state index >= 15 is 0 Å². The van der Waals surface area contributed by atoms with E-state index in [1.807, 2.05) is 0 Å². The maximum atomic E-state index is 3.31. The minimum absolute atomic E-state index is 0. The number of halogens is 1. The molecule has 0 amide bonds. The van der Waals surface area contributed by atoms with Crippen LogP contribution in [0.4, 0.5) is 0 Å². The Morgan fingerprint density at radius 1 is 1.21 bits per heavy atom. The van der Waals surface area contributed by atoms with Gasteiger partial charge in [-0.25, -0.2) is 0 Å². The van der Waals surface area contributed by atoms with Gasteiger partial charge in [0, 0.05) is 6.04 Å². The summed E-state index contributed by atoms with van der Waals surface area (Å²) in [5.41, 5.74) is 1.48. The lowest BCUT2D eigenvalue weighted by Crippen LogP contribution is -2.38. The highest BCUT2D eigenvalue weighted by atomic mass is 35.5. The lowest BCUT2D eigenvalue weighted by molar-refractivity contribution is 0.129. The second kappa shape index (κ2) is 8.57. The van der Waals surface area contributed by atoms with Crippen molar-refractivity contribution in [1.82, 2.24) is 10.2 Å². The highest BCUT2D eigenvalue weighted by molar-refractivity contribution is 5.85. The number of hydrogen-bond donors (Lipinski definition) is 1. The molecule has 19 heavy (non-hydrogen) atoms. The van der Waals surface area contributed by atoms with Gasteiger partial charge in [-0.1, -0.05) is 37.3 Å². The van der Waals surface area contributed by atoms with E-state index in [0.717, 1.165) is 5.92 Å². The summed E-state index contributed by atoms with van der Waals surface area (Å²) in [7, 11) is 2.06. The molecule has 0 aliphatic carbocycles. The van der Waals surface area contributed by atoms with Crippen LogP contribution in [0.1, 0.15) is 37.8 Å². The van der Waals surface area contributed by atoms with Crippen molar-refractivity contribution in [2.45, 2.75) is 32.2 Å². The Morgan fingerprint density at radius 3 is 2.37 bits per heavy atom. The van der Waals surface area contributed by atoms with Gasteiger partial charge in [0.2, 0.25) is 0 Å². The van der Waals surface area contributed by atoms with Gasteiger partial charge in [-0.05, 0) is 57.4 Å². The van der Waals surface area contributed by atoms with Crippen molar-refractivity contribution in [3.63, 3.8) is 0 Å². The Bertz CT molecular complexity index is 334. The summed E-state index contributed by atoms with van der Waals surface area (Å²) in [6.45, 7) is 5.98. The van der Waals surface area contributed by atoms with E-state index in [9.17, 15) is 0 Å². The number of nitrogens with one attached hydrogen (secondary N) is 1. The number of benzene rings is 1. The first-order chi connectivity index (χ1) is 8.85. The lowest BCUT2D eigenvalue weighted by atomic mass is 9.93. The fourth-order valence-corrected chi connectivity index (χ4v) is 3.14. The molecule has 2 nitrogen and oxygen atoms in total. The van der Waals surface area contributed by atoms with Crippen molar-refractivity contribution in [2.24, 2.45) is 5.92 Å². The third-order valence-corrected chi connectivity index (χ3v) is 4.15. The summed E-state index contributed by atoms with van der Waals surface area (Å²) in [6, 6.07) is 11.6. The van der Waals surface area contributed by atoms with Crippen molar-refractivity contribution in [1.29, 1.82) is 0 Å². The Balaban J connectivity index is 0.00000180. The average molecular weight is 283 g/mol. The average Bonchev–Trinajstić information content (AvgIpc) is 2.43. The summed E-state index contributed by atoms with van der Waals surface area (Å²) < 4.78 is 0. The number of rotatable bonds is 5. The zero-order chi connectivity index (χ0) is 12.8. The van der Waals surface area contributed by atoms with Crippen LogP contribution in [0.5, 0.6) is 0 Å². The first kappa shape index (κ1) is 16.5. The molecule has 2 rings (SSSR count). The minimum atomic E-state index is 0. The number of piperidine rings is 1. The number of nitrogens with zero attached hydrogens (tertiary/aromatic N) is 1. The largest absolute Gasteiger partial charge is 0.319 e. The van der Waals surface area contributed by atoms with Gasteiger partial charge in [0.15, 0.2) is 0 Å². The monoisotopic (exact) mass is 282 g/mol. The van der Waals surface area contributed by atoms with Crippen LogP contribution >= 0.6 is 12.4 Å². The van der Waals surface area contributed by atoms with Gasteiger partial charge >= 0.3 is 0 Å². The van der Waals surface area contributed by atoms with Crippen molar-refractivity contribution in [3.05, 3.63) is 35.9 Å². The van der Waals surface area contributed by atoms with Gasteiger partial charge in [0.1, 0.15) is 0 Å². The van der Waals surface area contributed by atoms with Crippen molar-refractivity contribution >= 4 is 12.4 Å². The Hall–Kier alpha value is -0.570. The summed E-state index contributed by atoms with van der Waals surface area (Å²) in [5, 5.41) is 3.31. The normalized spacial score (nSPS) is 18.8. The molecule has 1 aliphatic rings. The molecule has 0 saturated carbocycles. The zero-order valence-electron chi connectivity index (χ0n) is 12.1. The Morgan fingerprint density at radius 2 is 1.84 bits per heavy atom. The lowest BCUT2D eigenvalue weighted by Gasteiger charge is -2.37. The summed E-state index contributed by atoms with van der Waals surface area (Å²) in [4.78, 5) is 2.67. The van der Waals surface area contributed by atoms with Crippen molar-refractivity contribution < 1.29 is 0 Å². The molecule has 1 aromatic carbocycles. The summed E-state index contributed by atoms with van der Waals surface area (Å²) in [5.74, 6) is 0.875. The van der Waals surface area contributed by atoms with E-state index in [4.69, 9.17) is 0 Å². The Kier molecular flexibility index (Phi) is 7.44. The predicted molar refractivity (Wildman–Crippen MR) is 84.9 cm³/mol. The van der Waals surface area contributed by atoms with Crippen LogP contribution in [0.25, 0.3) is 0 Å². The van der Waals surface area contributed by atoms with E-state index in [2.05, 4.69) is 54.5 Å². The molecule has 108 valence electrons. The molecule has 1 atom stereocenters. The fraction of sp³-hybridized carbons (Fsp3) is 0.625. The molecule has 1 heterocycles. The van der Waals surface area contributed by atoms with E-state index < -0.39 is 0 Å². The van der Waals surface area contributed by atoms with Crippen molar-refractivity contribution in [3.8, 4) is 0 Å². The van der Waals surface area contributed by atoms with E-state index in [-0.39, 0.29) is 12.4 Å². The van der Waals surface area contributed by atoms with E-state index in [0.29, 0.717) is 6.04 Å². The summed E-state index contributed by atoms with van der Waals surface area (Å²) in [6.07, 6.45) is 3.88. The molecule has 0 radical (unpaired) electrons. The van der Waals surface area contributed by atoms with Gasteiger partial charge in [0.05, 0.1) is 0 Å². The van der Waals surface area contributed by atoms with Crippen molar-refractivity contribution in [2.75, 3.05) is 26.7 Å². The molecule has 3 heteroatoms. The molecular formula is C16H27ClN2. The molecule has 1 aliphatic heterocycles. The highest BCUT2D eigenvalue weighted by Crippen LogP contribution is 2.28. The molecule has 1 saturated heterocycles. The first-order valence-electron chi connectivity index (χ1n) is 7.28. The van der Waals surface area contributed by atoms with E-state index in [1.54, 1.807) is 0 Å². The molecule has 0 spiro atoms. The van der Waals surface area contributed by atoms with Gasteiger partial charge < -0.3 is 5.32 Å². The molecule has 1 fully saturated rings. The fourth-order valence-electron chi connectivity index (χ4n) is 3.14. The van der Waals surface area contributed by atoms with Gasteiger partial charge in [-0.3, -0.25) is 4.90 Å². The molecule has 0 bridgehead atoms. The maximum Gasteiger partial charge on any atom is 0.0345 e. The number of likely N-dealkylation sites (tertiary alicyclic amines) is 1. The SMILES string of the molecule is CCC(c1ccccc1)N1CCC(CNC)CC1.Cl. The second-order valence-corrected chi connectivity index (χ2v) is 5.37. The summed E-state index contributed by atoms with van der Waals surface area (Å²) >= 11 is 0. The third-order valence-electron chi connectivity index (χ3n) is 4.15. The molecule has 0 aromatic heterocycles. The topological polar surface area (TPSA) is 15.3 Å². The van der Waals surface area contributed by atoms with Crippen LogP contribution < -0.4 is 5.32 Å². The standard InChI is InChI=1S/C16H26N2.ClH/c1-3-16(15-7-5-4-6-8-15)18-11-9-14(10-12-18)13-17-2;/h4-8,14,16-17H,3,9-13H2,1-2H3;1H. The number of hydrogen-bond acceptors (Lipinski definition) is 2. The van der Waals surface area contributed by atoms with Crippen LogP contribution in [0.15, 0.2) is 30.3 Å². The van der Waals surface area contributed by atoms with Gasteiger partial charge in [0.25, 0.3) is 0 Å². The quantitative estimate of drug-likeness (QED) is 0.889. The predicted octanol–water partition coefficient (Wildman–Crippen LogP) is 3.49. The highest BCUT2D eigenvalue weighted by Gasteiger charge is 2.24. The van der Waals surface area contributed by atoms with Crippen LogP contribution in [0.2, 0.25) is 0 Å². The Labute approximate surface area is 124 Å². The van der Waals surface area contributed by atoms with Gasteiger partial charge in [-0.2, -0.15) is 0 Å². The third kappa shape index (κ3) is 4.48. The molecule has 1 aromatic rings. The smallest absolute Gasteiger partial charge is 0.0345 e. The van der Waals surface area contributed by atoms with Crippen LogP contribution in [0.3, 0.4) is 0 Å². The molecule has 1 N–H and O–H groups in total. The zero-order valence-corrected chi connectivity index (χ0v) is 13.0. The minimum Gasteiger partial charge on any atom is -0.319 e. The van der Waals surface area contributed by atoms with Crippen LogP contribution in [0, 0.1) is 5.92 Å². The van der Waals surface area contributed by atoms with Crippen LogP contribution in [-0.4, -0.2) is 31.6 Å². The molecular weight excluding hydrogens is 256 g/mol. The maximum absolute atomic E-state index is 3.31. The second-order valence-electron chi connectivity index (χ2n) is 5.37.